The molecule has 0 aromatic heterocycles. The Hall–Kier alpha value is -2.57. The number of amides is 4. The fraction of sp³-hybridized carbons (Fsp3) is 0.471. The van der Waals surface area contributed by atoms with E-state index in [1.807, 2.05) is 0 Å². The summed E-state index contributed by atoms with van der Waals surface area (Å²) in [5.74, 6) is -0.163. The summed E-state index contributed by atoms with van der Waals surface area (Å²) in [5, 5.41) is 5.53. The molecule has 3 rings (SSSR count). The van der Waals surface area contributed by atoms with E-state index in [-0.39, 0.29) is 11.9 Å². The highest BCUT2D eigenvalue weighted by molar-refractivity contribution is 6.10. The highest BCUT2D eigenvalue weighted by Crippen LogP contribution is 2.32. The molecule has 24 heavy (non-hydrogen) atoms. The number of rotatable bonds is 5. The van der Waals surface area contributed by atoms with E-state index >= 15 is 0 Å². The minimum Gasteiger partial charge on any atom is -0.497 e. The number of benzene rings is 1. The maximum Gasteiger partial charge on any atom is 0.326 e. The Morgan fingerprint density at radius 2 is 2.12 bits per heavy atom. The molecule has 128 valence electrons. The zero-order valence-corrected chi connectivity index (χ0v) is 14.0. The Bertz CT molecular complexity index is 701. The average Bonchev–Trinajstić information content (AvgIpc) is 3.34. The van der Waals surface area contributed by atoms with Crippen LogP contribution in [0.3, 0.4) is 0 Å². The lowest BCUT2D eigenvalue weighted by molar-refractivity contribution is -0.137. The molecule has 1 aromatic carbocycles. The molecule has 1 aliphatic heterocycles. The third kappa shape index (κ3) is 2.70. The SMILES string of the molecule is COc1cccc(C2(C)NC(=O)N(C(C)C(=O)NC3CC3)C2=O)c1. The van der Waals surface area contributed by atoms with Gasteiger partial charge in [0.15, 0.2) is 0 Å². The highest BCUT2D eigenvalue weighted by atomic mass is 16.5. The second-order valence-electron chi connectivity index (χ2n) is 6.42. The van der Waals surface area contributed by atoms with Crippen molar-refractivity contribution >= 4 is 17.8 Å². The molecule has 7 heteroatoms. The van der Waals surface area contributed by atoms with Gasteiger partial charge in [-0.25, -0.2) is 9.69 Å². The molecule has 1 heterocycles. The van der Waals surface area contributed by atoms with Crippen molar-refractivity contribution in [2.75, 3.05) is 7.11 Å². The molecule has 2 unspecified atom stereocenters. The summed E-state index contributed by atoms with van der Waals surface area (Å²) in [7, 11) is 1.53. The zero-order valence-electron chi connectivity index (χ0n) is 14.0. The molecule has 1 saturated heterocycles. The summed E-state index contributed by atoms with van der Waals surface area (Å²) in [5.41, 5.74) is -0.614. The van der Waals surface area contributed by atoms with E-state index in [0.29, 0.717) is 11.3 Å². The minimum absolute atomic E-state index is 0.172. The van der Waals surface area contributed by atoms with Crippen LogP contribution in [0.25, 0.3) is 0 Å². The Labute approximate surface area is 140 Å². The number of nitrogens with zero attached hydrogens (tertiary/aromatic N) is 1. The summed E-state index contributed by atoms with van der Waals surface area (Å²) in [6, 6.07) is 5.72. The third-order valence-electron chi connectivity index (χ3n) is 4.56. The van der Waals surface area contributed by atoms with Crippen LogP contribution in [0.15, 0.2) is 24.3 Å². The Morgan fingerprint density at radius 1 is 1.42 bits per heavy atom. The highest BCUT2D eigenvalue weighted by Gasteiger charge is 2.52. The number of ether oxygens (including phenoxy) is 1. The molecular weight excluding hydrogens is 310 g/mol. The van der Waals surface area contributed by atoms with E-state index in [4.69, 9.17) is 4.74 Å². The van der Waals surface area contributed by atoms with Crippen molar-refractivity contribution in [1.82, 2.24) is 15.5 Å². The zero-order chi connectivity index (χ0) is 17.5. The molecular formula is C17H21N3O4. The van der Waals surface area contributed by atoms with E-state index in [0.717, 1.165) is 17.7 Å². The van der Waals surface area contributed by atoms with Gasteiger partial charge in [0.05, 0.1) is 7.11 Å². The topological polar surface area (TPSA) is 87.7 Å². The first-order valence-corrected chi connectivity index (χ1v) is 7.97. The van der Waals surface area contributed by atoms with Gasteiger partial charge in [0.2, 0.25) is 5.91 Å². The molecule has 4 amide bonds. The van der Waals surface area contributed by atoms with Crippen LogP contribution in [0, 0.1) is 0 Å². The molecule has 2 atom stereocenters. The van der Waals surface area contributed by atoms with Gasteiger partial charge >= 0.3 is 6.03 Å². The van der Waals surface area contributed by atoms with Crippen molar-refractivity contribution in [3.05, 3.63) is 29.8 Å². The molecule has 1 saturated carbocycles. The maximum atomic E-state index is 12.9. The lowest BCUT2D eigenvalue weighted by Crippen LogP contribution is -2.49. The number of imide groups is 1. The Balaban J connectivity index is 1.85. The van der Waals surface area contributed by atoms with Crippen molar-refractivity contribution in [1.29, 1.82) is 0 Å². The first-order chi connectivity index (χ1) is 11.4. The maximum absolute atomic E-state index is 12.9. The standard InChI is InChI=1S/C17H21N3O4/c1-10(14(21)18-12-7-8-12)20-15(22)17(2,19-16(20)23)11-5-4-6-13(9-11)24-3/h4-6,9-10,12H,7-8H2,1-3H3,(H,18,21)(H,19,23). The lowest BCUT2D eigenvalue weighted by atomic mass is 9.91. The molecule has 2 fully saturated rings. The molecule has 0 bridgehead atoms. The molecule has 7 nitrogen and oxygen atoms in total. The number of urea groups is 1. The largest absolute Gasteiger partial charge is 0.497 e. The molecule has 2 aliphatic rings. The fourth-order valence-electron chi connectivity index (χ4n) is 2.81. The van der Waals surface area contributed by atoms with Crippen molar-refractivity contribution in [2.24, 2.45) is 0 Å². The molecule has 1 aliphatic carbocycles. The van der Waals surface area contributed by atoms with Crippen LogP contribution >= 0.6 is 0 Å². The number of hydrogen-bond acceptors (Lipinski definition) is 4. The van der Waals surface area contributed by atoms with Crippen LogP contribution in [-0.2, 0) is 15.1 Å². The second kappa shape index (κ2) is 5.81. The van der Waals surface area contributed by atoms with Gasteiger partial charge in [-0.1, -0.05) is 12.1 Å². The van der Waals surface area contributed by atoms with Gasteiger partial charge in [-0.2, -0.15) is 0 Å². The first kappa shape index (κ1) is 16.3. The average molecular weight is 331 g/mol. The summed E-state index contributed by atoms with van der Waals surface area (Å²) >= 11 is 0. The van der Waals surface area contributed by atoms with Gasteiger partial charge < -0.3 is 15.4 Å². The van der Waals surface area contributed by atoms with Crippen molar-refractivity contribution in [3.8, 4) is 5.75 Å². The summed E-state index contributed by atoms with van der Waals surface area (Å²) in [6.45, 7) is 3.19. The van der Waals surface area contributed by atoms with Crippen LogP contribution in [0.1, 0.15) is 32.3 Å². The quantitative estimate of drug-likeness (QED) is 0.792. The van der Waals surface area contributed by atoms with Crippen LogP contribution in [-0.4, -0.2) is 41.9 Å². The first-order valence-electron chi connectivity index (χ1n) is 7.97. The predicted octanol–water partition coefficient (Wildman–Crippen LogP) is 1.13. The van der Waals surface area contributed by atoms with E-state index < -0.39 is 23.5 Å². The molecule has 0 radical (unpaired) electrons. The number of nitrogens with one attached hydrogen (secondary N) is 2. The van der Waals surface area contributed by atoms with Gasteiger partial charge in [-0.15, -0.1) is 0 Å². The molecule has 2 N–H and O–H groups in total. The van der Waals surface area contributed by atoms with Gasteiger partial charge in [0.1, 0.15) is 17.3 Å². The van der Waals surface area contributed by atoms with Crippen molar-refractivity contribution < 1.29 is 19.1 Å². The smallest absolute Gasteiger partial charge is 0.326 e. The van der Waals surface area contributed by atoms with E-state index in [1.54, 1.807) is 38.1 Å². The number of carbonyl (C=O) groups is 3. The number of carbonyl (C=O) groups excluding carboxylic acids is 3. The van der Waals surface area contributed by atoms with Gasteiger partial charge in [0, 0.05) is 6.04 Å². The van der Waals surface area contributed by atoms with E-state index in [2.05, 4.69) is 10.6 Å². The lowest BCUT2D eigenvalue weighted by Gasteiger charge is -2.24. The number of hydrogen-bond donors (Lipinski definition) is 2. The Morgan fingerprint density at radius 3 is 2.75 bits per heavy atom. The minimum atomic E-state index is -1.22. The van der Waals surface area contributed by atoms with E-state index in [1.165, 1.54) is 7.11 Å². The number of methoxy groups -OCH3 is 1. The summed E-state index contributed by atoms with van der Waals surface area (Å²) in [4.78, 5) is 38.5. The van der Waals surface area contributed by atoms with Gasteiger partial charge in [-0.05, 0) is 44.4 Å². The second-order valence-corrected chi connectivity index (χ2v) is 6.42. The fourth-order valence-corrected chi connectivity index (χ4v) is 2.81. The monoisotopic (exact) mass is 331 g/mol. The summed E-state index contributed by atoms with van der Waals surface area (Å²) in [6.07, 6.45) is 1.89. The van der Waals surface area contributed by atoms with Crippen LogP contribution in [0.4, 0.5) is 4.79 Å². The molecule has 1 aromatic rings. The molecule has 0 spiro atoms. The van der Waals surface area contributed by atoms with Crippen molar-refractivity contribution in [3.63, 3.8) is 0 Å². The third-order valence-corrected chi connectivity index (χ3v) is 4.56. The normalized spacial score (nSPS) is 24.5. The van der Waals surface area contributed by atoms with Crippen LogP contribution < -0.4 is 15.4 Å². The summed E-state index contributed by atoms with van der Waals surface area (Å²) < 4.78 is 5.18. The van der Waals surface area contributed by atoms with Crippen LogP contribution in [0.2, 0.25) is 0 Å². The Kier molecular flexibility index (Phi) is 3.95. The predicted molar refractivity (Wildman–Crippen MR) is 86.4 cm³/mol. The van der Waals surface area contributed by atoms with E-state index in [9.17, 15) is 14.4 Å². The van der Waals surface area contributed by atoms with Crippen molar-refractivity contribution in [2.45, 2.75) is 44.3 Å². The van der Waals surface area contributed by atoms with Gasteiger partial charge in [0.25, 0.3) is 5.91 Å². The van der Waals surface area contributed by atoms with Gasteiger partial charge in [-0.3, -0.25) is 9.59 Å². The van der Waals surface area contributed by atoms with Crippen LogP contribution in [0.5, 0.6) is 5.75 Å².